The molecule has 1 heterocycles. The van der Waals surface area contributed by atoms with Crippen molar-refractivity contribution in [1.29, 1.82) is 0 Å². The second-order valence-corrected chi connectivity index (χ2v) is 6.38. The molecule has 0 bridgehead atoms. The van der Waals surface area contributed by atoms with E-state index in [1.165, 1.54) is 4.68 Å². The van der Waals surface area contributed by atoms with Crippen molar-refractivity contribution in [2.75, 3.05) is 24.6 Å². The zero-order valence-corrected chi connectivity index (χ0v) is 15.9. The number of para-hydroxylation sites is 1. The zero-order chi connectivity index (χ0) is 19.4. The Bertz CT molecular complexity index is 1040. The van der Waals surface area contributed by atoms with E-state index in [1.807, 2.05) is 37.3 Å². The van der Waals surface area contributed by atoms with Gasteiger partial charge in [-0.3, -0.25) is 4.79 Å². The van der Waals surface area contributed by atoms with Crippen LogP contribution in [-0.2, 0) is 0 Å². The Hall–Kier alpha value is -2.99. The monoisotopic (exact) mass is 364 g/mol. The van der Waals surface area contributed by atoms with E-state index in [1.54, 1.807) is 19.2 Å². The molecule has 0 saturated carbocycles. The van der Waals surface area contributed by atoms with E-state index < -0.39 is 0 Å². The van der Waals surface area contributed by atoms with E-state index in [0.717, 1.165) is 23.4 Å². The molecule has 6 nitrogen and oxygen atoms in total. The van der Waals surface area contributed by atoms with Crippen molar-refractivity contribution in [3.8, 4) is 0 Å². The van der Waals surface area contributed by atoms with Crippen molar-refractivity contribution in [3.63, 3.8) is 0 Å². The number of hydrogen-bond donors (Lipinski definition) is 1. The van der Waals surface area contributed by atoms with Crippen LogP contribution in [0.5, 0.6) is 0 Å². The van der Waals surface area contributed by atoms with Crippen LogP contribution >= 0.6 is 0 Å². The number of likely N-dealkylation sites (N-methyl/N-ethyl adjacent to an activating group) is 1. The average molecular weight is 364 g/mol. The minimum absolute atomic E-state index is 0.118. The first kappa shape index (κ1) is 18.8. The van der Waals surface area contributed by atoms with Crippen LogP contribution < -0.4 is 10.5 Å². The fourth-order valence-corrected chi connectivity index (χ4v) is 3.08. The van der Waals surface area contributed by atoms with E-state index in [-0.39, 0.29) is 12.2 Å². The number of aliphatic hydroxyl groups is 1. The molecule has 3 rings (SSSR count). The van der Waals surface area contributed by atoms with Gasteiger partial charge in [0.1, 0.15) is 5.82 Å². The normalized spacial score (nSPS) is 11.4. The summed E-state index contributed by atoms with van der Waals surface area (Å²) in [6.45, 7) is 7.38. The quantitative estimate of drug-likeness (QED) is 0.683. The van der Waals surface area contributed by atoms with E-state index in [9.17, 15) is 9.90 Å². The predicted octanol–water partition coefficient (Wildman–Crippen LogP) is 2.71. The molecule has 0 aliphatic heterocycles. The molecule has 0 unspecified atom stereocenters. The third-order valence-corrected chi connectivity index (χ3v) is 4.60. The summed E-state index contributed by atoms with van der Waals surface area (Å²) in [7, 11) is 0. The molecule has 0 spiro atoms. The van der Waals surface area contributed by atoms with Gasteiger partial charge in [0.15, 0.2) is 0 Å². The second-order valence-electron chi connectivity index (χ2n) is 6.38. The fraction of sp³-hybridized carbons (Fsp3) is 0.286. The summed E-state index contributed by atoms with van der Waals surface area (Å²) in [5.41, 5.74) is 3.53. The van der Waals surface area contributed by atoms with Crippen LogP contribution in [0.3, 0.4) is 0 Å². The molecule has 140 valence electrons. The van der Waals surface area contributed by atoms with Crippen molar-refractivity contribution in [2.24, 2.45) is 5.10 Å². The molecule has 0 radical (unpaired) electrons. The minimum Gasteiger partial charge on any atom is -0.395 e. The van der Waals surface area contributed by atoms with E-state index in [0.29, 0.717) is 23.3 Å². The first-order chi connectivity index (χ1) is 13.0. The van der Waals surface area contributed by atoms with E-state index in [2.05, 4.69) is 28.0 Å². The molecule has 0 atom stereocenters. The predicted molar refractivity (Wildman–Crippen MR) is 110 cm³/mol. The Morgan fingerprint density at radius 3 is 2.70 bits per heavy atom. The van der Waals surface area contributed by atoms with Gasteiger partial charge in [-0.2, -0.15) is 9.78 Å². The van der Waals surface area contributed by atoms with Crippen molar-refractivity contribution < 1.29 is 5.11 Å². The molecule has 1 N–H and O–H groups in total. The lowest BCUT2D eigenvalue weighted by Gasteiger charge is -2.22. The van der Waals surface area contributed by atoms with Gasteiger partial charge in [-0.15, -0.1) is 0 Å². The lowest BCUT2D eigenvalue weighted by atomic mass is 10.1. The van der Waals surface area contributed by atoms with Crippen molar-refractivity contribution >= 4 is 22.8 Å². The average Bonchev–Trinajstić information content (AvgIpc) is 2.67. The molecule has 2 aromatic carbocycles. The lowest BCUT2D eigenvalue weighted by molar-refractivity contribution is 0.302. The molecule has 0 amide bonds. The maximum absolute atomic E-state index is 12.7. The fourth-order valence-electron chi connectivity index (χ4n) is 3.08. The highest BCUT2D eigenvalue weighted by atomic mass is 16.3. The standard InChI is InChI=1S/C21H24N4O2/c1-4-24(11-12-26)18-10-9-17(15(2)13-18)14-22-25-16(3)23-20-8-6-5-7-19(20)21(25)27/h5-10,13-14,26H,4,11-12H2,1-3H3. The van der Waals surface area contributed by atoms with Gasteiger partial charge in [-0.1, -0.05) is 18.2 Å². The van der Waals surface area contributed by atoms with E-state index in [4.69, 9.17) is 0 Å². The third kappa shape index (κ3) is 3.90. The topological polar surface area (TPSA) is 70.7 Å². The molecular weight excluding hydrogens is 340 g/mol. The first-order valence-corrected chi connectivity index (χ1v) is 9.04. The van der Waals surface area contributed by atoms with Gasteiger partial charge < -0.3 is 10.0 Å². The number of rotatable bonds is 6. The molecule has 1 aromatic heterocycles. The third-order valence-electron chi connectivity index (χ3n) is 4.60. The van der Waals surface area contributed by atoms with Gasteiger partial charge in [0.2, 0.25) is 0 Å². The van der Waals surface area contributed by atoms with Crippen LogP contribution in [-0.4, -0.2) is 40.7 Å². The second kappa shape index (κ2) is 8.14. The number of nitrogens with zero attached hydrogens (tertiary/aromatic N) is 4. The number of aryl methyl sites for hydroxylation is 2. The SMILES string of the molecule is CCN(CCO)c1ccc(C=Nn2c(C)nc3ccccc3c2=O)c(C)c1. The highest BCUT2D eigenvalue weighted by Gasteiger charge is 2.08. The largest absolute Gasteiger partial charge is 0.395 e. The molecule has 0 aliphatic carbocycles. The van der Waals surface area contributed by atoms with Crippen LogP contribution in [0.1, 0.15) is 23.9 Å². The zero-order valence-electron chi connectivity index (χ0n) is 15.9. The molecule has 0 saturated heterocycles. The van der Waals surface area contributed by atoms with Crippen LogP contribution in [0.25, 0.3) is 10.9 Å². The molecule has 27 heavy (non-hydrogen) atoms. The number of fused-ring (bicyclic) bond motifs is 1. The van der Waals surface area contributed by atoms with Gasteiger partial charge in [-0.25, -0.2) is 4.98 Å². The lowest BCUT2D eigenvalue weighted by Crippen LogP contribution is -2.26. The first-order valence-electron chi connectivity index (χ1n) is 9.04. The van der Waals surface area contributed by atoms with Gasteiger partial charge in [0.25, 0.3) is 5.56 Å². The summed E-state index contributed by atoms with van der Waals surface area (Å²) in [4.78, 5) is 19.3. The summed E-state index contributed by atoms with van der Waals surface area (Å²) < 4.78 is 1.33. The van der Waals surface area contributed by atoms with Crippen molar-refractivity contribution in [2.45, 2.75) is 20.8 Å². The maximum Gasteiger partial charge on any atom is 0.282 e. The summed E-state index contributed by atoms with van der Waals surface area (Å²) >= 11 is 0. The number of benzene rings is 2. The van der Waals surface area contributed by atoms with Crippen LogP contribution in [0.15, 0.2) is 52.4 Å². The Kier molecular flexibility index (Phi) is 5.66. The Morgan fingerprint density at radius 1 is 1.22 bits per heavy atom. The smallest absolute Gasteiger partial charge is 0.282 e. The number of hydrogen-bond acceptors (Lipinski definition) is 5. The number of aliphatic hydroxyl groups excluding tert-OH is 1. The molecule has 0 fully saturated rings. The molecule has 3 aromatic rings. The Balaban J connectivity index is 1.95. The van der Waals surface area contributed by atoms with Gasteiger partial charge in [0.05, 0.1) is 23.7 Å². The number of anilines is 1. The summed E-state index contributed by atoms with van der Waals surface area (Å²) in [6.07, 6.45) is 1.69. The van der Waals surface area contributed by atoms with Crippen LogP contribution in [0.2, 0.25) is 0 Å². The summed E-state index contributed by atoms with van der Waals surface area (Å²) in [5, 5.41) is 14.1. The Labute approximate surface area is 158 Å². The summed E-state index contributed by atoms with van der Waals surface area (Å²) in [6, 6.07) is 13.3. The maximum atomic E-state index is 12.7. The number of aromatic nitrogens is 2. The Morgan fingerprint density at radius 2 is 2.00 bits per heavy atom. The van der Waals surface area contributed by atoms with E-state index >= 15 is 0 Å². The highest BCUT2D eigenvalue weighted by molar-refractivity contribution is 5.83. The van der Waals surface area contributed by atoms with Gasteiger partial charge >= 0.3 is 0 Å². The van der Waals surface area contributed by atoms with Crippen molar-refractivity contribution in [1.82, 2.24) is 9.66 Å². The molecule has 0 aliphatic rings. The molecule has 6 heteroatoms. The van der Waals surface area contributed by atoms with Crippen LogP contribution in [0, 0.1) is 13.8 Å². The van der Waals surface area contributed by atoms with Gasteiger partial charge in [0, 0.05) is 18.8 Å². The minimum atomic E-state index is -0.177. The van der Waals surface area contributed by atoms with Crippen molar-refractivity contribution in [3.05, 3.63) is 69.8 Å². The van der Waals surface area contributed by atoms with Crippen LogP contribution in [0.4, 0.5) is 5.69 Å². The van der Waals surface area contributed by atoms with Gasteiger partial charge in [-0.05, 0) is 56.2 Å². The molecular formula is C21H24N4O2. The highest BCUT2D eigenvalue weighted by Crippen LogP contribution is 2.18. The summed E-state index contributed by atoms with van der Waals surface area (Å²) in [5.74, 6) is 0.546.